The van der Waals surface area contributed by atoms with Crippen LogP contribution in [0.15, 0.2) is 71.3 Å². The summed E-state index contributed by atoms with van der Waals surface area (Å²) < 4.78 is 5.50. The van der Waals surface area contributed by atoms with E-state index in [0.29, 0.717) is 29.2 Å². The second kappa shape index (κ2) is 6.62. The number of para-hydroxylation sites is 1. The first-order chi connectivity index (χ1) is 13.8. The van der Waals surface area contributed by atoms with E-state index in [4.69, 9.17) is 4.42 Å². The molecule has 0 radical (unpaired) electrons. The predicted molar refractivity (Wildman–Crippen MR) is 107 cm³/mol. The van der Waals surface area contributed by atoms with Crippen molar-refractivity contribution in [3.05, 3.63) is 72.5 Å². The van der Waals surface area contributed by atoms with Crippen molar-refractivity contribution < 1.29 is 4.42 Å². The maximum absolute atomic E-state index is 5.50. The van der Waals surface area contributed by atoms with Crippen LogP contribution in [0.3, 0.4) is 0 Å². The van der Waals surface area contributed by atoms with Crippen molar-refractivity contribution in [2.24, 2.45) is 0 Å². The Hall–Kier alpha value is -4.00. The fourth-order valence-corrected chi connectivity index (χ4v) is 3.06. The average Bonchev–Trinajstić information content (AvgIpc) is 3.39. The number of nitrogens with one attached hydrogen (secondary N) is 2. The van der Waals surface area contributed by atoms with Crippen LogP contribution in [0, 0.1) is 6.92 Å². The third-order valence-corrected chi connectivity index (χ3v) is 4.46. The Bertz CT molecular complexity index is 1260. The summed E-state index contributed by atoms with van der Waals surface area (Å²) >= 11 is 0. The summed E-state index contributed by atoms with van der Waals surface area (Å²) in [6.07, 6.45) is 1.60. The molecule has 2 aromatic carbocycles. The standard InChI is InChI=1S/C21H16N6O/c1-13-7-2-3-8-14(13)18-22-20(17-11-6-12-28-17)25-21(23-18)24-19-15-9-4-5-10-16(15)26-27-19/h2-12H,1H3,(H2,22,23,24,25,26,27). The number of H-pyrrole nitrogens is 1. The van der Waals surface area contributed by atoms with Crippen LogP contribution in [0.4, 0.5) is 11.8 Å². The molecule has 7 heteroatoms. The summed E-state index contributed by atoms with van der Waals surface area (Å²) in [7, 11) is 0. The number of hydrogen-bond donors (Lipinski definition) is 2. The van der Waals surface area contributed by atoms with Gasteiger partial charge in [-0.1, -0.05) is 36.4 Å². The van der Waals surface area contributed by atoms with Crippen LogP contribution in [0.25, 0.3) is 33.9 Å². The number of aryl methyl sites for hydroxylation is 1. The Morgan fingerprint density at radius 1 is 0.857 bits per heavy atom. The molecule has 0 saturated heterocycles. The van der Waals surface area contributed by atoms with Crippen LogP contribution in [0.5, 0.6) is 0 Å². The summed E-state index contributed by atoms with van der Waals surface area (Å²) in [5.74, 6) is 2.66. The number of furan rings is 1. The number of aromatic nitrogens is 5. The number of fused-ring (bicyclic) bond motifs is 1. The fraction of sp³-hybridized carbons (Fsp3) is 0.0476. The molecule has 0 amide bonds. The number of aromatic amines is 1. The quantitative estimate of drug-likeness (QED) is 0.476. The molecule has 5 rings (SSSR count). The van der Waals surface area contributed by atoms with Gasteiger partial charge in [-0.3, -0.25) is 5.10 Å². The minimum absolute atomic E-state index is 0.400. The third kappa shape index (κ3) is 2.88. The molecule has 7 nitrogen and oxygen atoms in total. The van der Waals surface area contributed by atoms with Crippen molar-refractivity contribution in [2.45, 2.75) is 6.92 Å². The number of rotatable bonds is 4. The van der Waals surface area contributed by atoms with Crippen LogP contribution in [0.1, 0.15) is 5.56 Å². The predicted octanol–water partition coefficient (Wildman–Crippen LogP) is 4.73. The van der Waals surface area contributed by atoms with Gasteiger partial charge in [-0.25, -0.2) is 4.98 Å². The number of nitrogens with zero attached hydrogens (tertiary/aromatic N) is 4. The topological polar surface area (TPSA) is 92.5 Å². The first kappa shape index (κ1) is 16.2. The molecule has 0 spiro atoms. The molecule has 0 bridgehead atoms. The van der Waals surface area contributed by atoms with Crippen molar-refractivity contribution in [1.29, 1.82) is 0 Å². The molecule has 0 aliphatic carbocycles. The SMILES string of the molecule is Cc1ccccc1-c1nc(Nc2n[nH]c3ccccc23)nc(-c2ccco2)n1. The molecule has 3 heterocycles. The maximum Gasteiger partial charge on any atom is 0.232 e. The summed E-state index contributed by atoms with van der Waals surface area (Å²) in [5.41, 5.74) is 2.95. The molecule has 136 valence electrons. The third-order valence-electron chi connectivity index (χ3n) is 4.46. The van der Waals surface area contributed by atoms with Gasteiger partial charge in [-0.15, -0.1) is 0 Å². The summed E-state index contributed by atoms with van der Waals surface area (Å²) in [5, 5.41) is 11.5. The largest absolute Gasteiger partial charge is 0.461 e. The van der Waals surface area contributed by atoms with Gasteiger partial charge in [-0.2, -0.15) is 15.1 Å². The molecule has 0 atom stereocenters. The average molecular weight is 368 g/mol. The maximum atomic E-state index is 5.50. The van der Waals surface area contributed by atoms with Crippen molar-refractivity contribution in [3.63, 3.8) is 0 Å². The normalized spacial score (nSPS) is 11.0. The second-order valence-corrected chi connectivity index (χ2v) is 6.34. The van der Waals surface area contributed by atoms with E-state index in [1.165, 1.54) is 0 Å². The van der Waals surface area contributed by atoms with Crippen molar-refractivity contribution in [3.8, 4) is 23.0 Å². The van der Waals surface area contributed by atoms with Gasteiger partial charge in [-0.05, 0) is 36.8 Å². The van der Waals surface area contributed by atoms with Crippen LogP contribution in [-0.4, -0.2) is 25.1 Å². The Kier molecular flexibility index (Phi) is 3.83. The monoisotopic (exact) mass is 368 g/mol. The number of benzene rings is 2. The summed E-state index contributed by atoms with van der Waals surface area (Å²) in [6.45, 7) is 2.03. The Morgan fingerprint density at radius 3 is 2.54 bits per heavy atom. The highest BCUT2D eigenvalue weighted by Gasteiger charge is 2.15. The molecule has 2 N–H and O–H groups in total. The molecule has 28 heavy (non-hydrogen) atoms. The molecule has 0 unspecified atom stereocenters. The zero-order valence-electron chi connectivity index (χ0n) is 15.0. The smallest absolute Gasteiger partial charge is 0.232 e. The molecule has 5 aromatic rings. The highest BCUT2D eigenvalue weighted by Crippen LogP contribution is 2.27. The van der Waals surface area contributed by atoms with Crippen molar-refractivity contribution >= 4 is 22.7 Å². The molecule has 0 fully saturated rings. The summed E-state index contributed by atoms with van der Waals surface area (Å²) in [4.78, 5) is 13.8. The van der Waals surface area contributed by atoms with E-state index in [2.05, 4.69) is 30.5 Å². The Labute approximate surface area is 160 Å². The lowest BCUT2D eigenvalue weighted by atomic mass is 10.1. The van der Waals surface area contributed by atoms with Crippen LogP contribution in [-0.2, 0) is 0 Å². The van der Waals surface area contributed by atoms with Gasteiger partial charge >= 0.3 is 0 Å². The number of anilines is 2. The van der Waals surface area contributed by atoms with E-state index < -0.39 is 0 Å². The van der Waals surface area contributed by atoms with Gasteiger partial charge in [0.2, 0.25) is 11.8 Å². The molecule has 3 aromatic heterocycles. The van der Waals surface area contributed by atoms with Crippen molar-refractivity contribution in [2.75, 3.05) is 5.32 Å². The van der Waals surface area contributed by atoms with E-state index >= 15 is 0 Å². The fourth-order valence-electron chi connectivity index (χ4n) is 3.06. The van der Waals surface area contributed by atoms with Crippen LogP contribution >= 0.6 is 0 Å². The lowest BCUT2D eigenvalue weighted by Crippen LogP contribution is -2.04. The van der Waals surface area contributed by atoms with Crippen molar-refractivity contribution in [1.82, 2.24) is 25.1 Å². The second-order valence-electron chi connectivity index (χ2n) is 6.34. The molecular formula is C21H16N6O. The van der Waals surface area contributed by atoms with Crippen LogP contribution in [0.2, 0.25) is 0 Å². The molecule has 0 aliphatic rings. The minimum Gasteiger partial charge on any atom is -0.461 e. The van der Waals surface area contributed by atoms with Gasteiger partial charge in [0.25, 0.3) is 0 Å². The zero-order valence-corrected chi connectivity index (χ0v) is 15.0. The minimum atomic E-state index is 0.400. The van der Waals surface area contributed by atoms with Crippen LogP contribution < -0.4 is 5.32 Å². The van der Waals surface area contributed by atoms with E-state index in [1.807, 2.05) is 61.5 Å². The first-order valence-corrected chi connectivity index (χ1v) is 8.84. The van der Waals surface area contributed by atoms with Gasteiger partial charge in [0, 0.05) is 10.9 Å². The Morgan fingerprint density at radius 2 is 1.68 bits per heavy atom. The van der Waals surface area contributed by atoms with Gasteiger partial charge in [0.15, 0.2) is 17.4 Å². The molecular weight excluding hydrogens is 352 g/mol. The lowest BCUT2D eigenvalue weighted by Gasteiger charge is -2.09. The molecule has 0 aliphatic heterocycles. The molecule has 0 saturated carbocycles. The van der Waals surface area contributed by atoms with E-state index in [1.54, 1.807) is 12.3 Å². The van der Waals surface area contributed by atoms with Gasteiger partial charge in [0.05, 0.1) is 11.8 Å². The highest BCUT2D eigenvalue weighted by molar-refractivity contribution is 5.90. The summed E-state index contributed by atoms with van der Waals surface area (Å²) in [6, 6.07) is 19.5. The van der Waals surface area contributed by atoms with Gasteiger partial charge < -0.3 is 9.73 Å². The first-order valence-electron chi connectivity index (χ1n) is 8.84. The van der Waals surface area contributed by atoms with E-state index in [9.17, 15) is 0 Å². The Balaban J connectivity index is 1.64. The van der Waals surface area contributed by atoms with E-state index in [-0.39, 0.29) is 0 Å². The highest BCUT2D eigenvalue weighted by atomic mass is 16.3. The lowest BCUT2D eigenvalue weighted by molar-refractivity contribution is 0.577. The number of hydrogen-bond acceptors (Lipinski definition) is 6. The van der Waals surface area contributed by atoms with Gasteiger partial charge in [0.1, 0.15) is 0 Å². The zero-order chi connectivity index (χ0) is 18.9. The van der Waals surface area contributed by atoms with E-state index in [0.717, 1.165) is 22.0 Å².